The van der Waals surface area contributed by atoms with Gasteiger partial charge in [0.15, 0.2) is 0 Å². The summed E-state index contributed by atoms with van der Waals surface area (Å²) in [4.78, 5) is 39.0. The van der Waals surface area contributed by atoms with Gasteiger partial charge in [0.05, 0.1) is 18.5 Å². The van der Waals surface area contributed by atoms with Crippen LogP contribution in [0.4, 0.5) is 0 Å². The molecule has 0 aromatic rings. The molecule has 20 heavy (non-hydrogen) atoms. The molecule has 0 aromatic carbocycles. The second-order valence-corrected chi connectivity index (χ2v) is 5.36. The average molecular weight is 283 g/mol. The van der Waals surface area contributed by atoms with Gasteiger partial charge in [0.25, 0.3) is 0 Å². The zero-order chi connectivity index (χ0) is 15.4. The van der Waals surface area contributed by atoms with Crippen LogP contribution in [0.1, 0.15) is 40.5 Å². The first-order valence-corrected chi connectivity index (χ1v) is 7.20. The molecule has 6 nitrogen and oxygen atoms in total. The Labute approximate surface area is 120 Å². The van der Waals surface area contributed by atoms with Gasteiger partial charge in [-0.3, -0.25) is 24.6 Å². The summed E-state index contributed by atoms with van der Waals surface area (Å²) in [6, 6.07) is -1.15. The van der Waals surface area contributed by atoms with E-state index in [1.165, 1.54) is 4.90 Å². The molecular formula is C14H25N3O3. The zero-order valence-electron chi connectivity index (χ0n) is 13.0. The van der Waals surface area contributed by atoms with E-state index in [9.17, 15) is 14.4 Å². The van der Waals surface area contributed by atoms with E-state index < -0.39 is 12.1 Å². The fourth-order valence-electron chi connectivity index (χ4n) is 2.29. The third-order valence-electron chi connectivity index (χ3n) is 3.89. The molecule has 1 N–H and O–H groups in total. The van der Waals surface area contributed by atoms with E-state index >= 15 is 0 Å². The van der Waals surface area contributed by atoms with E-state index in [-0.39, 0.29) is 30.2 Å². The van der Waals surface area contributed by atoms with Crippen molar-refractivity contribution < 1.29 is 14.4 Å². The van der Waals surface area contributed by atoms with Crippen molar-refractivity contribution in [2.75, 3.05) is 13.6 Å². The van der Waals surface area contributed by atoms with Crippen LogP contribution in [0.25, 0.3) is 0 Å². The van der Waals surface area contributed by atoms with Crippen molar-refractivity contribution in [3.05, 3.63) is 0 Å². The normalized spacial score (nSPS) is 22.1. The first-order chi connectivity index (χ1) is 9.33. The zero-order valence-corrected chi connectivity index (χ0v) is 13.0. The van der Waals surface area contributed by atoms with Crippen LogP contribution < -0.4 is 5.32 Å². The number of imide groups is 1. The van der Waals surface area contributed by atoms with Crippen molar-refractivity contribution in [1.82, 2.24) is 15.1 Å². The summed E-state index contributed by atoms with van der Waals surface area (Å²) in [6.07, 6.45) is 0.869. The second kappa shape index (κ2) is 6.83. The quantitative estimate of drug-likeness (QED) is 0.715. The fourth-order valence-corrected chi connectivity index (χ4v) is 2.29. The summed E-state index contributed by atoms with van der Waals surface area (Å²) in [7, 11) is 1.72. The lowest BCUT2D eigenvalue weighted by atomic mass is 10.2. The Morgan fingerprint density at radius 3 is 2.50 bits per heavy atom. The van der Waals surface area contributed by atoms with Gasteiger partial charge in [-0.1, -0.05) is 6.92 Å². The van der Waals surface area contributed by atoms with Gasteiger partial charge in [0.2, 0.25) is 17.7 Å². The number of carbonyl (C=O) groups is 3. The Morgan fingerprint density at radius 2 is 2.00 bits per heavy atom. The van der Waals surface area contributed by atoms with E-state index in [2.05, 4.69) is 5.32 Å². The predicted octanol–water partition coefficient (Wildman–Crippen LogP) is 0.369. The van der Waals surface area contributed by atoms with Crippen LogP contribution in [-0.2, 0) is 14.4 Å². The number of hydrogen-bond donors (Lipinski definition) is 1. The van der Waals surface area contributed by atoms with Gasteiger partial charge in [-0.2, -0.15) is 0 Å². The van der Waals surface area contributed by atoms with Crippen molar-refractivity contribution in [3.63, 3.8) is 0 Å². The lowest BCUT2D eigenvalue weighted by Gasteiger charge is -2.24. The number of nitrogens with zero attached hydrogens (tertiary/aromatic N) is 2. The molecule has 3 atom stereocenters. The van der Waals surface area contributed by atoms with Crippen LogP contribution in [0, 0.1) is 0 Å². The Balaban J connectivity index is 2.69. The van der Waals surface area contributed by atoms with Crippen LogP contribution in [-0.4, -0.2) is 59.2 Å². The van der Waals surface area contributed by atoms with Crippen molar-refractivity contribution in [1.29, 1.82) is 0 Å². The first-order valence-electron chi connectivity index (χ1n) is 7.20. The topological polar surface area (TPSA) is 69.7 Å². The SMILES string of the molecule is CCC(C)N1C(=O)CC(NC(C)C(=O)N(C)CC)C1=O. The van der Waals surface area contributed by atoms with Crippen molar-refractivity contribution in [2.24, 2.45) is 0 Å². The number of nitrogens with one attached hydrogen (secondary N) is 1. The first kappa shape index (κ1) is 16.6. The number of hydrogen-bond acceptors (Lipinski definition) is 4. The number of carbonyl (C=O) groups excluding carboxylic acids is 3. The molecule has 1 aliphatic heterocycles. The van der Waals surface area contributed by atoms with Crippen molar-refractivity contribution >= 4 is 17.7 Å². The van der Waals surface area contributed by atoms with Gasteiger partial charge in [-0.25, -0.2) is 0 Å². The number of amides is 3. The van der Waals surface area contributed by atoms with Crippen LogP contribution in [0.2, 0.25) is 0 Å². The Morgan fingerprint density at radius 1 is 1.40 bits per heavy atom. The van der Waals surface area contributed by atoms with Crippen molar-refractivity contribution in [2.45, 2.75) is 58.7 Å². The molecule has 6 heteroatoms. The van der Waals surface area contributed by atoms with Gasteiger partial charge in [-0.15, -0.1) is 0 Å². The van der Waals surface area contributed by atoms with Gasteiger partial charge in [0, 0.05) is 19.6 Å². The van der Waals surface area contributed by atoms with Crippen molar-refractivity contribution in [3.8, 4) is 0 Å². The second-order valence-electron chi connectivity index (χ2n) is 5.36. The highest BCUT2D eigenvalue weighted by atomic mass is 16.2. The number of likely N-dealkylation sites (N-methyl/N-ethyl adjacent to an activating group) is 1. The lowest BCUT2D eigenvalue weighted by Crippen LogP contribution is -2.50. The Hall–Kier alpha value is -1.43. The molecule has 1 fully saturated rings. The molecule has 1 aliphatic rings. The third-order valence-corrected chi connectivity index (χ3v) is 3.89. The molecule has 3 amide bonds. The fraction of sp³-hybridized carbons (Fsp3) is 0.786. The molecule has 0 radical (unpaired) electrons. The van der Waals surface area contributed by atoms with Crippen LogP contribution in [0.5, 0.6) is 0 Å². The summed E-state index contributed by atoms with van der Waals surface area (Å²) in [6.45, 7) is 8.02. The molecule has 0 aliphatic carbocycles. The summed E-state index contributed by atoms with van der Waals surface area (Å²) in [5, 5.41) is 2.98. The molecular weight excluding hydrogens is 258 g/mol. The highest BCUT2D eigenvalue weighted by Crippen LogP contribution is 2.18. The van der Waals surface area contributed by atoms with Gasteiger partial charge >= 0.3 is 0 Å². The molecule has 0 saturated carbocycles. The molecule has 0 spiro atoms. The van der Waals surface area contributed by atoms with E-state index in [0.717, 1.165) is 6.42 Å². The summed E-state index contributed by atoms with van der Waals surface area (Å²) >= 11 is 0. The maximum atomic E-state index is 12.2. The lowest BCUT2D eigenvalue weighted by molar-refractivity contribution is -0.141. The maximum absolute atomic E-state index is 12.2. The molecule has 1 heterocycles. The highest BCUT2D eigenvalue weighted by molar-refractivity contribution is 6.06. The molecule has 3 unspecified atom stereocenters. The number of rotatable bonds is 6. The van der Waals surface area contributed by atoms with Crippen LogP contribution in [0.3, 0.4) is 0 Å². The minimum atomic E-state index is -0.583. The highest BCUT2D eigenvalue weighted by Gasteiger charge is 2.41. The largest absolute Gasteiger partial charge is 0.345 e. The molecule has 0 aromatic heterocycles. The molecule has 1 rings (SSSR count). The van der Waals surface area contributed by atoms with Gasteiger partial charge < -0.3 is 4.90 Å². The summed E-state index contributed by atoms with van der Waals surface area (Å²) in [5.41, 5.74) is 0. The van der Waals surface area contributed by atoms with Gasteiger partial charge in [-0.05, 0) is 27.2 Å². The third kappa shape index (κ3) is 3.36. The van der Waals surface area contributed by atoms with E-state index in [1.807, 2.05) is 20.8 Å². The van der Waals surface area contributed by atoms with Crippen LogP contribution in [0.15, 0.2) is 0 Å². The number of likely N-dealkylation sites (tertiary alicyclic amines) is 1. The standard InChI is InChI=1S/C14H25N3O3/c1-6-9(3)17-12(18)8-11(14(17)20)15-10(4)13(19)16(5)7-2/h9-11,15H,6-8H2,1-5H3. The Bertz CT molecular complexity index is 397. The monoisotopic (exact) mass is 283 g/mol. The maximum Gasteiger partial charge on any atom is 0.247 e. The average Bonchev–Trinajstić information content (AvgIpc) is 2.70. The summed E-state index contributed by atoms with van der Waals surface area (Å²) in [5.74, 6) is -0.455. The minimum absolute atomic E-state index is 0.0743. The molecule has 1 saturated heterocycles. The summed E-state index contributed by atoms with van der Waals surface area (Å²) < 4.78 is 0. The molecule has 114 valence electrons. The smallest absolute Gasteiger partial charge is 0.247 e. The van der Waals surface area contributed by atoms with E-state index in [4.69, 9.17) is 0 Å². The minimum Gasteiger partial charge on any atom is -0.345 e. The Kier molecular flexibility index (Phi) is 5.68. The van der Waals surface area contributed by atoms with Gasteiger partial charge in [0.1, 0.15) is 0 Å². The molecule has 0 bridgehead atoms. The van der Waals surface area contributed by atoms with Crippen LogP contribution >= 0.6 is 0 Å². The van der Waals surface area contributed by atoms with E-state index in [0.29, 0.717) is 6.54 Å². The van der Waals surface area contributed by atoms with E-state index in [1.54, 1.807) is 18.9 Å². The predicted molar refractivity (Wildman–Crippen MR) is 75.9 cm³/mol.